The molecule has 0 saturated heterocycles. The highest BCUT2D eigenvalue weighted by Crippen LogP contribution is 2.46. The third-order valence-electron chi connectivity index (χ3n) is 5.15. The van der Waals surface area contributed by atoms with Gasteiger partial charge in [0.1, 0.15) is 5.92 Å². The van der Waals surface area contributed by atoms with Crippen molar-refractivity contribution in [1.29, 1.82) is 0 Å². The third-order valence-corrected chi connectivity index (χ3v) is 6.09. The van der Waals surface area contributed by atoms with Gasteiger partial charge in [-0.25, -0.2) is 4.79 Å². The Morgan fingerprint density at radius 3 is 2.57 bits per heavy atom. The Hall–Kier alpha value is -2.41. The second-order valence-electron chi connectivity index (χ2n) is 7.00. The van der Waals surface area contributed by atoms with E-state index in [2.05, 4.69) is 5.32 Å². The van der Waals surface area contributed by atoms with E-state index >= 15 is 0 Å². The van der Waals surface area contributed by atoms with Crippen molar-refractivity contribution in [3.8, 4) is 0 Å². The summed E-state index contributed by atoms with van der Waals surface area (Å²) in [6, 6.07) is 3.79. The molecule has 28 heavy (non-hydrogen) atoms. The first-order chi connectivity index (χ1) is 13.4. The molecule has 1 aliphatic heterocycles. The van der Waals surface area contributed by atoms with Crippen molar-refractivity contribution in [2.75, 3.05) is 13.2 Å². The number of ether oxygens (including phenoxy) is 2. The zero-order valence-corrected chi connectivity index (χ0v) is 17.4. The van der Waals surface area contributed by atoms with E-state index in [0.717, 1.165) is 10.6 Å². The summed E-state index contributed by atoms with van der Waals surface area (Å²) < 4.78 is 10.4. The molecule has 2 aliphatic rings. The van der Waals surface area contributed by atoms with E-state index in [1.807, 2.05) is 31.4 Å². The first kappa shape index (κ1) is 20.3. The number of hydrogen-bond acceptors (Lipinski definition) is 7. The molecule has 0 spiro atoms. The molecular weight excluding hydrogens is 378 g/mol. The molecule has 0 radical (unpaired) electrons. The molecule has 2 heterocycles. The smallest absolute Gasteiger partial charge is 0.336 e. The lowest BCUT2D eigenvalue weighted by molar-refractivity contribution is -0.153. The maximum atomic E-state index is 13.5. The van der Waals surface area contributed by atoms with Gasteiger partial charge >= 0.3 is 11.9 Å². The molecule has 0 amide bonds. The zero-order valence-electron chi connectivity index (χ0n) is 16.5. The minimum atomic E-state index is -0.857. The summed E-state index contributed by atoms with van der Waals surface area (Å²) in [4.78, 5) is 39.6. The van der Waals surface area contributed by atoms with E-state index in [1.165, 1.54) is 11.3 Å². The number of nitrogens with one attached hydrogen (secondary N) is 1. The van der Waals surface area contributed by atoms with Crippen molar-refractivity contribution in [2.45, 2.75) is 40.0 Å². The molecule has 7 heteroatoms. The maximum absolute atomic E-state index is 13.5. The number of ketones is 1. The van der Waals surface area contributed by atoms with Gasteiger partial charge in [0.05, 0.1) is 24.7 Å². The van der Waals surface area contributed by atoms with Crippen LogP contribution in [0.5, 0.6) is 0 Å². The number of carbonyl (C=O) groups excluding carboxylic acids is 3. The first-order valence-corrected chi connectivity index (χ1v) is 10.4. The van der Waals surface area contributed by atoms with Crippen molar-refractivity contribution in [3.63, 3.8) is 0 Å². The minimum absolute atomic E-state index is 0.182. The van der Waals surface area contributed by atoms with Crippen LogP contribution in [-0.4, -0.2) is 30.9 Å². The van der Waals surface area contributed by atoms with Crippen molar-refractivity contribution in [3.05, 3.63) is 44.9 Å². The number of esters is 2. The van der Waals surface area contributed by atoms with Gasteiger partial charge in [0.15, 0.2) is 5.78 Å². The molecule has 3 rings (SSSR count). The fraction of sp³-hybridized carbons (Fsp3) is 0.476. The number of thiophene rings is 1. The number of dihydropyridines is 1. The van der Waals surface area contributed by atoms with Gasteiger partial charge in [-0.15, -0.1) is 11.3 Å². The number of hydrogen-bond donors (Lipinski definition) is 1. The molecular formula is C21H25NO5S. The van der Waals surface area contributed by atoms with E-state index in [9.17, 15) is 14.4 Å². The van der Waals surface area contributed by atoms with Crippen LogP contribution in [-0.2, 0) is 23.9 Å². The van der Waals surface area contributed by atoms with Gasteiger partial charge in [0.25, 0.3) is 0 Å². The van der Waals surface area contributed by atoms with Gasteiger partial charge in [0, 0.05) is 21.8 Å². The molecule has 1 N–H and O–H groups in total. The van der Waals surface area contributed by atoms with E-state index in [4.69, 9.17) is 9.47 Å². The average molecular weight is 404 g/mol. The second kappa shape index (κ2) is 8.31. The molecule has 1 aliphatic carbocycles. The molecule has 0 bridgehead atoms. The number of Topliss-reactive ketones (excluding diaryl/α,β-unsaturated/α-hetero) is 1. The van der Waals surface area contributed by atoms with Crippen molar-refractivity contribution < 1.29 is 23.9 Å². The Balaban J connectivity index is 2.11. The molecule has 0 fully saturated rings. The highest BCUT2D eigenvalue weighted by Gasteiger charge is 2.47. The lowest BCUT2D eigenvalue weighted by atomic mass is 9.70. The van der Waals surface area contributed by atoms with Crippen LogP contribution in [0, 0.1) is 11.8 Å². The largest absolute Gasteiger partial charge is 0.465 e. The molecule has 0 saturated carbocycles. The van der Waals surface area contributed by atoms with Crippen molar-refractivity contribution >= 4 is 29.1 Å². The quantitative estimate of drug-likeness (QED) is 0.600. The topological polar surface area (TPSA) is 81.7 Å². The highest BCUT2D eigenvalue weighted by molar-refractivity contribution is 7.10. The Labute approximate surface area is 168 Å². The fourth-order valence-corrected chi connectivity index (χ4v) is 4.85. The third kappa shape index (κ3) is 3.51. The lowest BCUT2D eigenvalue weighted by Gasteiger charge is -2.37. The van der Waals surface area contributed by atoms with Gasteiger partial charge < -0.3 is 14.8 Å². The summed E-state index contributed by atoms with van der Waals surface area (Å²) in [7, 11) is 0. The van der Waals surface area contributed by atoms with Crippen LogP contribution in [0.15, 0.2) is 40.1 Å². The van der Waals surface area contributed by atoms with E-state index in [0.29, 0.717) is 23.3 Å². The second-order valence-corrected chi connectivity index (χ2v) is 7.98. The molecule has 150 valence electrons. The van der Waals surface area contributed by atoms with Crippen molar-refractivity contribution in [2.24, 2.45) is 11.8 Å². The molecule has 3 unspecified atom stereocenters. The van der Waals surface area contributed by atoms with E-state index in [1.54, 1.807) is 13.8 Å². The van der Waals surface area contributed by atoms with Crippen molar-refractivity contribution in [1.82, 2.24) is 5.32 Å². The predicted molar refractivity (Wildman–Crippen MR) is 105 cm³/mol. The first-order valence-electron chi connectivity index (χ1n) is 9.52. The zero-order chi connectivity index (χ0) is 20.4. The van der Waals surface area contributed by atoms with Crippen LogP contribution in [0.25, 0.3) is 0 Å². The Bertz CT molecular complexity index is 852. The Kier molecular flexibility index (Phi) is 6.03. The highest BCUT2D eigenvalue weighted by atomic mass is 32.1. The van der Waals surface area contributed by atoms with Gasteiger partial charge in [-0.3, -0.25) is 9.59 Å². The van der Waals surface area contributed by atoms with Crippen LogP contribution < -0.4 is 5.32 Å². The number of rotatable bonds is 5. The van der Waals surface area contributed by atoms with Gasteiger partial charge in [-0.05, 0) is 44.6 Å². The SMILES string of the molecule is CCOC(=O)C1=C(C)NC2=C(C(=O)C(C(=O)OCC)C(C)C2)C1c1cccs1. The van der Waals surface area contributed by atoms with E-state index < -0.39 is 23.8 Å². The summed E-state index contributed by atoms with van der Waals surface area (Å²) in [6.07, 6.45) is 0.542. The average Bonchev–Trinajstić information content (AvgIpc) is 3.15. The number of carbonyl (C=O) groups is 3. The van der Waals surface area contributed by atoms with Gasteiger partial charge in [-0.1, -0.05) is 13.0 Å². The fourth-order valence-electron chi connectivity index (χ4n) is 4.01. The van der Waals surface area contributed by atoms with Crippen LogP contribution in [0.3, 0.4) is 0 Å². The maximum Gasteiger partial charge on any atom is 0.336 e. The van der Waals surface area contributed by atoms with Crippen LogP contribution in [0.1, 0.15) is 44.9 Å². The molecule has 1 aromatic rings. The van der Waals surface area contributed by atoms with Crippen LogP contribution >= 0.6 is 11.3 Å². The molecule has 0 aromatic carbocycles. The Morgan fingerprint density at radius 2 is 1.96 bits per heavy atom. The Morgan fingerprint density at radius 1 is 1.25 bits per heavy atom. The minimum Gasteiger partial charge on any atom is -0.465 e. The molecule has 1 aromatic heterocycles. The normalized spacial score (nSPS) is 24.6. The number of allylic oxidation sites excluding steroid dienone is 3. The predicted octanol–water partition coefficient (Wildman–Crippen LogP) is 3.31. The molecule has 6 nitrogen and oxygen atoms in total. The standard InChI is InChI=1S/C21H25NO5S/c1-5-26-20(24)15-11(3)10-13-17(19(15)23)18(14-8-7-9-28-14)16(12(4)22-13)21(25)27-6-2/h7-9,11,15,18,22H,5-6,10H2,1-4H3. The van der Waals surface area contributed by atoms with Gasteiger partial charge in [0.2, 0.25) is 0 Å². The van der Waals surface area contributed by atoms with Crippen LogP contribution in [0.2, 0.25) is 0 Å². The van der Waals surface area contributed by atoms with Gasteiger partial charge in [-0.2, -0.15) is 0 Å². The summed E-state index contributed by atoms with van der Waals surface area (Å²) in [5.41, 5.74) is 2.37. The molecule has 3 atom stereocenters. The summed E-state index contributed by atoms with van der Waals surface area (Å²) >= 11 is 1.48. The summed E-state index contributed by atoms with van der Waals surface area (Å²) in [6.45, 7) is 7.64. The van der Waals surface area contributed by atoms with E-state index in [-0.39, 0.29) is 24.9 Å². The lowest BCUT2D eigenvalue weighted by Crippen LogP contribution is -2.43. The van der Waals surface area contributed by atoms with Crippen LogP contribution in [0.4, 0.5) is 0 Å². The monoisotopic (exact) mass is 403 g/mol. The summed E-state index contributed by atoms with van der Waals surface area (Å²) in [5, 5.41) is 5.15. The summed E-state index contributed by atoms with van der Waals surface area (Å²) in [5.74, 6) is -2.79.